The number of amides is 1. The molecule has 0 saturated heterocycles. The van der Waals surface area contributed by atoms with Gasteiger partial charge in [0, 0.05) is 11.8 Å². The lowest BCUT2D eigenvalue weighted by Gasteiger charge is -2.23. The van der Waals surface area contributed by atoms with E-state index in [1.54, 1.807) is 19.1 Å². The molecule has 174 valence electrons. The van der Waals surface area contributed by atoms with Crippen molar-refractivity contribution in [2.75, 3.05) is 18.0 Å². The van der Waals surface area contributed by atoms with E-state index >= 15 is 0 Å². The Balaban J connectivity index is 2.21. The molecule has 2 heterocycles. The normalized spacial score (nSPS) is 11.3. The molecule has 0 saturated carbocycles. The van der Waals surface area contributed by atoms with Gasteiger partial charge >= 0.3 is 6.09 Å². The second-order valence-electron chi connectivity index (χ2n) is 7.80. The molecule has 1 aromatic carbocycles. The predicted octanol–water partition coefficient (Wildman–Crippen LogP) is 4.15. The summed E-state index contributed by atoms with van der Waals surface area (Å²) < 4.78 is 38.8. The lowest BCUT2D eigenvalue weighted by Crippen LogP contribution is -2.39. The van der Waals surface area contributed by atoms with E-state index in [9.17, 15) is 13.2 Å². The van der Waals surface area contributed by atoms with Crippen molar-refractivity contribution < 1.29 is 22.7 Å². The van der Waals surface area contributed by atoms with Crippen LogP contribution in [0.3, 0.4) is 0 Å². The van der Waals surface area contributed by atoms with Crippen molar-refractivity contribution in [2.24, 2.45) is 5.92 Å². The minimum absolute atomic E-state index is 0.00832. The third kappa shape index (κ3) is 5.28. The van der Waals surface area contributed by atoms with Crippen LogP contribution in [-0.2, 0) is 14.8 Å². The molecule has 0 N–H and O–H groups in total. The van der Waals surface area contributed by atoms with Crippen molar-refractivity contribution in [3.8, 4) is 17.1 Å². The molecule has 3 aromatic rings. The molecule has 0 spiro atoms. The Bertz CT molecular complexity index is 1240. The first-order chi connectivity index (χ1) is 15.6. The van der Waals surface area contributed by atoms with Crippen LogP contribution in [0.4, 0.5) is 10.6 Å². The predicted molar refractivity (Wildman–Crippen MR) is 124 cm³/mol. The van der Waals surface area contributed by atoms with Crippen LogP contribution in [0.5, 0.6) is 5.88 Å². The number of anilines is 1. The molecule has 0 bridgehead atoms. The number of carbonyl (C=O) groups is 1. The van der Waals surface area contributed by atoms with E-state index < -0.39 is 16.1 Å². The quantitative estimate of drug-likeness (QED) is 0.506. The van der Waals surface area contributed by atoms with E-state index in [2.05, 4.69) is 15.0 Å². The lowest BCUT2D eigenvalue weighted by atomic mass is 10.1. The topological polar surface area (TPSA) is 112 Å². The number of methoxy groups -OCH3 is 1. The summed E-state index contributed by atoms with van der Waals surface area (Å²) in [6, 6.07) is 10.1. The second kappa shape index (κ2) is 9.95. The minimum Gasteiger partial charge on any atom is -0.478 e. The van der Waals surface area contributed by atoms with Crippen LogP contribution in [0.25, 0.3) is 11.3 Å². The van der Waals surface area contributed by atoms with E-state index in [0.717, 1.165) is 5.56 Å². The molecule has 2 aromatic heterocycles. The van der Waals surface area contributed by atoms with E-state index in [-0.39, 0.29) is 34.8 Å². The van der Waals surface area contributed by atoms with Crippen molar-refractivity contribution >= 4 is 21.9 Å². The fourth-order valence-corrected chi connectivity index (χ4v) is 4.41. The molecule has 0 aliphatic heterocycles. The smallest absolute Gasteiger partial charge is 0.430 e. The second-order valence-corrected chi connectivity index (χ2v) is 9.56. The van der Waals surface area contributed by atoms with Gasteiger partial charge in [-0.15, -0.1) is 4.31 Å². The van der Waals surface area contributed by atoms with Crippen LogP contribution in [-0.4, -0.2) is 43.2 Å². The van der Waals surface area contributed by atoms with Gasteiger partial charge in [0.1, 0.15) is 4.90 Å². The van der Waals surface area contributed by atoms with E-state index in [1.807, 2.05) is 32.9 Å². The Hall–Kier alpha value is -3.53. The largest absolute Gasteiger partial charge is 0.478 e. The van der Waals surface area contributed by atoms with Crippen LogP contribution < -0.4 is 9.04 Å². The molecule has 0 aliphatic rings. The average Bonchev–Trinajstić information content (AvgIpc) is 2.79. The third-order valence-electron chi connectivity index (χ3n) is 4.55. The number of nitrogens with zero attached hydrogens (tertiary/aromatic N) is 4. The van der Waals surface area contributed by atoms with Crippen LogP contribution in [0.2, 0.25) is 0 Å². The Kier molecular flexibility index (Phi) is 7.27. The summed E-state index contributed by atoms with van der Waals surface area (Å²) in [6.45, 7) is 7.30. The van der Waals surface area contributed by atoms with Crippen LogP contribution >= 0.6 is 0 Å². The summed E-state index contributed by atoms with van der Waals surface area (Å²) in [4.78, 5) is 25.5. The average molecular weight is 471 g/mol. The maximum absolute atomic E-state index is 13.9. The zero-order chi connectivity index (χ0) is 24.2. The van der Waals surface area contributed by atoms with Gasteiger partial charge in [0.2, 0.25) is 5.82 Å². The van der Waals surface area contributed by atoms with Gasteiger partial charge in [-0.1, -0.05) is 43.7 Å². The molecule has 0 unspecified atom stereocenters. The standard InChI is InChI=1S/C23H26N4O5S/c1-15(2)14-32-23(28)27(21-22(31-5)26-17(4)13-25-21)33(29,30)19-7-6-12-24-20(19)18-10-8-16(3)9-11-18/h6-13,15H,14H2,1-5H3. The van der Waals surface area contributed by atoms with Crippen molar-refractivity contribution in [2.45, 2.75) is 32.6 Å². The number of aromatic nitrogens is 3. The maximum Gasteiger partial charge on any atom is 0.430 e. The molecule has 0 atom stereocenters. The van der Waals surface area contributed by atoms with Gasteiger partial charge in [-0.25, -0.2) is 23.2 Å². The summed E-state index contributed by atoms with van der Waals surface area (Å²) in [5.41, 5.74) is 2.28. The Morgan fingerprint density at radius 2 is 1.79 bits per heavy atom. The molecule has 0 radical (unpaired) electrons. The summed E-state index contributed by atoms with van der Waals surface area (Å²) in [5, 5.41) is 0. The number of hydrogen-bond donors (Lipinski definition) is 0. The molecule has 9 nitrogen and oxygen atoms in total. The highest BCUT2D eigenvalue weighted by Crippen LogP contribution is 2.33. The van der Waals surface area contributed by atoms with Gasteiger partial charge in [-0.2, -0.15) is 0 Å². The first kappa shape index (κ1) is 24.1. The lowest BCUT2D eigenvalue weighted by molar-refractivity contribution is 0.143. The first-order valence-corrected chi connectivity index (χ1v) is 11.7. The third-order valence-corrected chi connectivity index (χ3v) is 6.24. The number of sulfonamides is 1. The molecule has 1 amide bonds. The first-order valence-electron chi connectivity index (χ1n) is 10.3. The van der Waals surface area contributed by atoms with E-state index in [4.69, 9.17) is 9.47 Å². The molecular formula is C23H26N4O5S. The minimum atomic E-state index is -4.52. The van der Waals surface area contributed by atoms with Gasteiger partial charge < -0.3 is 9.47 Å². The molecular weight excluding hydrogens is 444 g/mol. The van der Waals surface area contributed by atoms with Crippen LogP contribution in [0, 0.1) is 19.8 Å². The Morgan fingerprint density at radius 3 is 2.42 bits per heavy atom. The van der Waals surface area contributed by atoms with Gasteiger partial charge in [-0.3, -0.25) is 4.98 Å². The van der Waals surface area contributed by atoms with Crippen LogP contribution in [0.15, 0.2) is 53.7 Å². The molecule has 0 fully saturated rings. The number of rotatable bonds is 7. The highest BCUT2D eigenvalue weighted by molar-refractivity contribution is 7.93. The monoisotopic (exact) mass is 470 g/mol. The highest BCUT2D eigenvalue weighted by Gasteiger charge is 2.38. The van der Waals surface area contributed by atoms with Crippen molar-refractivity contribution in [3.05, 3.63) is 60.0 Å². The maximum atomic E-state index is 13.9. The Labute approximate surface area is 193 Å². The Morgan fingerprint density at radius 1 is 1.09 bits per heavy atom. The van der Waals surface area contributed by atoms with E-state index in [1.165, 1.54) is 31.6 Å². The SMILES string of the molecule is COc1nc(C)cnc1N(C(=O)OCC(C)C)S(=O)(=O)c1cccnc1-c1ccc(C)cc1. The fourth-order valence-electron chi connectivity index (χ4n) is 2.95. The van der Waals surface area contributed by atoms with Crippen molar-refractivity contribution in [3.63, 3.8) is 0 Å². The van der Waals surface area contributed by atoms with Crippen molar-refractivity contribution in [1.29, 1.82) is 0 Å². The zero-order valence-electron chi connectivity index (χ0n) is 19.1. The van der Waals surface area contributed by atoms with E-state index in [0.29, 0.717) is 15.6 Å². The summed E-state index contributed by atoms with van der Waals surface area (Å²) in [5.74, 6) is -0.428. The number of pyridine rings is 1. The summed E-state index contributed by atoms with van der Waals surface area (Å²) in [6.07, 6.45) is 1.72. The molecule has 3 rings (SSSR count). The number of ether oxygens (including phenoxy) is 2. The zero-order valence-corrected chi connectivity index (χ0v) is 20.0. The summed E-state index contributed by atoms with van der Waals surface area (Å²) in [7, 11) is -3.20. The van der Waals surface area contributed by atoms with Crippen LogP contribution in [0.1, 0.15) is 25.1 Å². The number of carbonyl (C=O) groups excluding carboxylic acids is 1. The number of aryl methyl sites for hydroxylation is 2. The number of hydrogen-bond acceptors (Lipinski definition) is 8. The highest BCUT2D eigenvalue weighted by atomic mass is 32.2. The van der Waals surface area contributed by atoms with Gasteiger partial charge in [0.25, 0.3) is 15.9 Å². The molecule has 33 heavy (non-hydrogen) atoms. The van der Waals surface area contributed by atoms with Gasteiger partial charge in [0.05, 0.1) is 31.3 Å². The molecule has 0 aliphatic carbocycles. The fraction of sp³-hybridized carbons (Fsp3) is 0.304. The van der Waals surface area contributed by atoms with Gasteiger partial charge in [-0.05, 0) is 31.9 Å². The molecule has 10 heteroatoms. The summed E-state index contributed by atoms with van der Waals surface area (Å²) >= 11 is 0. The van der Waals surface area contributed by atoms with Crippen molar-refractivity contribution in [1.82, 2.24) is 15.0 Å². The van der Waals surface area contributed by atoms with Gasteiger partial charge in [0.15, 0.2) is 0 Å². The number of benzene rings is 1.